The number of fused-ring (bicyclic) bond motifs is 4. The quantitative estimate of drug-likeness (QED) is 0.110. The minimum Gasteiger partial charge on any atom is -0.465 e. The second-order valence-corrected chi connectivity index (χ2v) is 15.7. The van der Waals surface area contributed by atoms with Crippen LogP contribution >= 0.6 is 0 Å². The van der Waals surface area contributed by atoms with E-state index in [1.54, 1.807) is 0 Å². The second-order valence-electron chi connectivity index (χ2n) is 15.7. The van der Waals surface area contributed by atoms with Crippen LogP contribution < -0.4 is 0 Å². The van der Waals surface area contributed by atoms with Crippen LogP contribution in [0.4, 0.5) is 0 Å². The van der Waals surface area contributed by atoms with E-state index in [2.05, 4.69) is 24.3 Å². The summed E-state index contributed by atoms with van der Waals surface area (Å²) in [6.07, 6.45) is 1.94. The van der Waals surface area contributed by atoms with Gasteiger partial charge in [-0.05, 0) is 91.7 Å². The third kappa shape index (κ3) is 6.97. The Morgan fingerprint density at radius 3 is 0.656 bits per heavy atom. The molecule has 0 N–H and O–H groups in total. The standard InChI is InChI=1S/C56H44O8/c1-61-53(57)49-45(33-17-9-5-10-18-33)41-37-25-26-38(42(41)46(50(49)54(58)62-2)34-19-11-6-12-20-34)31-32-40-28-27-39(30-29-37)43-44(40)48(36-23-15-8-16-24-36)52(56(60)64-4)51(55(59)63-3)47(43)35-21-13-7-14-22-35/h5-28H,29-32H2,1-4H3. The Hall–Kier alpha value is -7.84. The summed E-state index contributed by atoms with van der Waals surface area (Å²) in [6.45, 7) is 0. The van der Waals surface area contributed by atoms with Gasteiger partial charge in [0.25, 0.3) is 0 Å². The van der Waals surface area contributed by atoms with Crippen molar-refractivity contribution in [2.24, 2.45) is 0 Å². The highest BCUT2D eigenvalue weighted by Gasteiger charge is 2.35. The lowest BCUT2D eigenvalue weighted by atomic mass is 9.76. The Bertz CT molecular complexity index is 2710. The van der Waals surface area contributed by atoms with Gasteiger partial charge < -0.3 is 18.9 Å². The van der Waals surface area contributed by atoms with Gasteiger partial charge in [-0.15, -0.1) is 0 Å². The third-order valence-electron chi connectivity index (χ3n) is 12.4. The maximum atomic E-state index is 14.3. The van der Waals surface area contributed by atoms with Gasteiger partial charge in [0.2, 0.25) is 0 Å². The molecular weight excluding hydrogens is 801 g/mol. The summed E-state index contributed by atoms with van der Waals surface area (Å²) in [4.78, 5) is 57.3. The number of aryl methyl sites for hydroxylation is 4. The van der Waals surface area contributed by atoms with Crippen LogP contribution in [0.2, 0.25) is 0 Å². The second kappa shape index (κ2) is 17.5. The van der Waals surface area contributed by atoms with Crippen LogP contribution in [0.1, 0.15) is 63.7 Å². The number of methoxy groups -OCH3 is 4. The monoisotopic (exact) mass is 844 g/mol. The van der Waals surface area contributed by atoms with Gasteiger partial charge >= 0.3 is 23.9 Å². The SMILES string of the molecule is COC(=O)c1c(C(=O)OC)c(-c2ccccc2)c2c3ccc(c2c1-c1ccccc1)CCc1ccc(c2c(-c4ccccc4)c(C(=O)OC)c(C(=O)OC)c(-c4ccccc4)c12)CC3. The fraction of sp³-hybridized carbons (Fsp3) is 0.143. The van der Waals surface area contributed by atoms with E-state index < -0.39 is 23.9 Å². The number of esters is 4. The summed E-state index contributed by atoms with van der Waals surface area (Å²) in [5.41, 5.74) is 9.60. The Labute approximate surface area is 371 Å². The lowest BCUT2D eigenvalue weighted by Crippen LogP contribution is -2.18. The van der Waals surface area contributed by atoms with E-state index in [0.29, 0.717) is 47.9 Å². The van der Waals surface area contributed by atoms with Crippen molar-refractivity contribution in [3.63, 3.8) is 0 Å². The summed E-state index contributed by atoms with van der Waals surface area (Å²) >= 11 is 0. The molecule has 0 heterocycles. The number of ether oxygens (including phenoxy) is 4. The van der Waals surface area contributed by atoms with Gasteiger partial charge in [0.15, 0.2) is 0 Å². The molecule has 0 radical (unpaired) electrons. The van der Waals surface area contributed by atoms with Gasteiger partial charge in [0, 0.05) is 22.3 Å². The fourth-order valence-corrected chi connectivity index (χ4v) is 9.69. The smallest absolute Gasteiger partial charge is 0.339 e. The molecule has 8 aromatic carbocycles. The Morgan fingerprint density at radius 1 is 0.297 bits per heavy atom. The molecule has 0 atom stereocenters. The molecule has 2 aliphatic rings. The number of rotatable bonds is 8. The first-order chi connectivity index (χ1) is 31.3. The van der Waals surface area contributed by atoms with Crippen LogP contribution in [0.15, 0.2) is 146 Å². The molecule has 0 unspecified atom stereocenters. The minimum atomic E-state index is -0.658. The molecule has 8 nitrogen and oxygen atoms in total. The van der Waals surface area contributed by atoms with E-state index in [9.17, 15) is 19.2 Å². The third-order valence-corrected chi connectivity index (χ3v) is 12.4. The van der Waals surface area contributed by atoms with Crippen molar-refractivity contribution in [1.29, 1.82) is 0 Å². The van der Waals surface area contributed by atoms with E-state index in [0.717, 1.165) is 66.1 Å². The van der Waals surface area contributed by atoms with Crippen molar-refractivity contribution >= 4 is 45.4 Å². The molecule has 316 valence electrons. The largest absolute Gasteiger partial charge is 0.465 e. The zero-order valence-corrected chi connectivity index (χ0v) is 36.0. The zero-order chi connectivity index (χ0) is 44.5. The lowest BCUT2D eigenvalue weighted by molar-refractivity contribution is 0.0557. The number of carbonyl (C=O) groups excluding carboxylic acids is 4. The predicted molar refractivity (Wildman–Crippen MR) is 250 cm³/mol. The van der Waals surface area contributed by atoms with Crippen LogP contribution in [0.25, 0.3) is 66.1 Å². The lowest BCUT2D eigenvalue weighted by Gasteiger charge is -2.27. The first-order valence-electron chi connectivity index (χ1n) is 21.1. The molecular formula is C56H44O8. The molecule has 0 fully saturated rings. The van der Waals surface area contributed by atoms with Crippen molar-refractivity contribution in [2.75, 3.05) is 28.4 Å². The van der Waals surface area contributed by atoms with Crippen LogP contribution in [-0.2, 0) is 44.6 Å². The minimum absolute atomic E-state index is 0.128. The molecule has 8 aromatic rings. The highest BCUT2D eigenvalue weighted by atomic mass is 16.5. The fourth-order valence-electron chi connectivity index (χ4n) is 9.69. The molecule has 4 bridgehead atoms. The van der Waals surface area contributed by atoms with Crippen LogP contribution in [0, 0.1) is 0 Å². The number of carbonyl (C=O) groups is 4. The van der Waals surface area contributed by atoms with E-state index in [1.807, 2.05) is 121 Å². The van der Waals surface area contributed by atoms with Crippen molar-refractivity contribution in [3.05, 3.63) is 190 Å². The van der Waals surface area contributed by atoms with E-state index in [4.69, 9.17) is 18.9 Å². The molecule has 0 amide bonds. The molecule has 8 heteroatoms. The first-order valence-corrected chi connectivity index (χ1v) is 21.1. The Balaban J connectivity index is 1.47. The van der Waals surface area contributed by atoms with Crippen LogP contribution in [-0.4, -0.2) is 52.3 Å². The number of hydrogen-bond donors (Lipinski definition) is 0. The average molecular weight is 845 g/mol. The van der Waals surface area contributed by atoms with E-state index >= 15 is 0 Å². The van der Waals surface area contributed by atoms with Crippen LogP contribution in [0.3, 0.4) is 0 Å². The van der Waals surface area contributed by atoms with Gasteiger partial charge in [-0.25, -0.2) is 19.2 Å². The number of hydrogen-bond acceptors (Lipinski definition) is 8. The molecule has 0 saturated heterocycles. The van der Waals surface area contributed by atoms with Gasteiger partial charge in [0.05, 0.1) is 50.7 Å². The first kappa shape index (κ1) is 41.5. The maximum absolute atomic E-state index is 14.3. The molecule has 0 saturated carbocycles. The Kier molecular flexibility index (Phi) is 11.3. The van der Waals surface area contributed by atoms with Crippen molar-refractivity contribution in [1.82, 2.24) is 0 Å². The highest BCUT2D eigenvalue weighted by Crippen LogP contribution is 2.49. The maximum Gasteiger partial charge on any atom is 0.339 e. The topological polar surface area (TPSA) is 105 Å². The molecule has 2 aliphatic carbocycles. The normalized spacial score (nSPS) is 12.1. The highest BCUT2D eigenvalue weighted by molar-refractivity contribution is 6.25. The van der Waals surface area contributed by atoms with Crippen molar-refractivity contribution in [3.8, 4) is 44.5 Å². The van der Waals surface area contributed by atoms with Crippen LogP contribution in [0.5, 0.6) is 0 Å². The summed E-state index contributed by atoms with van der Waals surface area (Å²) < 4.78 is 22.1. The van der Waals surface area contributed by atoms with Gasteiger partial charge in [-0.3, -0.25) is 0 Å². The summed E-state index contributed by atoms with van der Waals surface area (Å²) in [6, 6.07) is 47.1. The van der Waals surface area contributed by atoms with Gasteiger partial charge in [-0.2, -0.15) is 0 Å². The average Bonchev–Trinajstić information content (AvgIpc) is 3.35. The van der Waals surface area contributed by atoms with E-state index in [1.165, 1.54) is 28.4 Å². The molecule has 10 rings (SSSR count). The molecule has 0 aliphatic heterocycles. The number of benzene rings is 8. The van der Waals surface area contributed by atoms with Crippen molar-refractivity contribution < 1.29 is 38.1 Å². The molecule has 64 heavy (non-hydrogen) atoms. The Morgan fingerprint density at radius 2 is 0.484 bits per heavy atom. The van der Waals surface area contributed by atoms with Gasteiger partial charge in [0.1, 0.15) is 0 Å². The predicted octanol–water partition coefficient (Wildman–Crippen LogP) is 11.7. The molecule has 0 spiro atoms. The van der Waals surface area contributed by atoms with Crippen molar-refractivity contribution in [2.45, 2.75) is 25.7 Å². The summed E-state index contributed by atoms with van der Waals surface area (Å²) in [5, 5.41) is 3.36. The van der Waals surface area contributed by atoms with Gasteiger partial charge in [-0.1, -0.05) is 146 Å². The summed E-state index contributed by atoms with van der Waals surface area (Å²) in [5.74, 6) is -2.63. The zero-order valence-electron chi connectivity index (χ0n) is 36.0. The molecule has 0 aromatic heterocycles. The summed E-state index contributed by atoms with van der Waals surface area (Å²) in [7, 11) is 5.30. The van der Waals surface area contributed by atoms with E-state index in [-0.39, 0.29) is 22.3 Å².